The number of nitrogens with zero attached hydrogens (tertiary/aromatic N) is 1. The van der Waals surface area contributed by atoms with Crippen LogP contribution in [0.2, 0.25) is 0 Å². The van der Waals surface area contributed by atoms with Crippen LogP contribution in [0.25, 0.3) is 0 Å². The van der Waals surface area contributed by atoms with Gasteiger partial charge >= 0.3 is 0 Å². The van der Waals surface area contributed by atoms with Crippen molar-refractivity contribution in [3.8, 4) is 5.75 Å². The predicted molar refractivity (Wildman–Crippen MR) is 83.6 cm³/mol. The Bertz CT molecular complexity index is 568. The fraction of sp³-hybridized carbons (Fsp3) is 0.412. The quantitative estimate of drug-likeness (QED) is 0.936. The van der Waals surface area contributed by atoms with Crippen LogP contribution >= 0.6 is 0 Å². The normalized spacial score (nSPS) is 17.5. The van der Waals surface area contributed by atoms with Gasteiger partial charge in [0.15, 0.2) is 0 Å². The molecule has 112 valence electrons. The molecular weight excluding hydrogens is 264 g/mol. The summed E-state index contributed by atoms with van der Waals surface area (Å²) in [6, 6.07) is 12.1. The Morgan fingerprint density at radius 3 is 2.86 bits per heavy atom. The van der Waals surface area contributed by atoms with Crippen LogP contribution in [0.1, 0.15) is 31.6 Å². The Kier molecular flexibility index (Phi) is 4.15. The molecule has 2 heterocycles. The van der Waals surface area contributed by atoms with Crippen molar-refractivity contribution < 1.29 is 9.15 Å². The van der Waals surface area contributed by atoms with Crippen LogP contribution < -0.4 is 15.4 Å². The zero-order valence-corrected chi connectivity index (χ0v) is 12.4. The molecule has 0 amide bonds. The van der Waals surface area contributed by atoms with Crippen LogP contribution in [0.5, 0.6) is 5.75 Å². The summed E-state index contributed by atoms with van der Waals surface area (Å²) in [5, 5.41) is 0. The van der Waals surface area contributed by atoms with Crippen molar-refractivity contribution in [2.24, 2.45) is 5.73 Å². The van der Waals surface area contributed by atoms with Gasteiger partial charge in [-0.3, -0.25) is 0 Å². The highest BCUT2D eigenvalue weighted by Crippen LogP contribution is 2.37. The van der Waals surface area contributed by atoms with Gasteiger partial charge in [-0.25, -0.2) is 0 Å². The second-order valence-electron chi connectivity index (χ2n) is 5.40. The summed E-state index contributed by atoms with van der Waals surface area (Å²) in [6.07, 6.45) is 3.58. The molecule has 4 heteroatoms. The number of anilines is 1. The molecule has 1 aromatic carbocycles. The average molecular weight is 286 g/mol. The van der Waals surface area contributed by atoms with E-state index in [-0.39, 0.29) is 12.1 Å². The summed E-state index contributed by atoms with van der Waals surface area (Å²) in [5.74, 6) is 1.84. The summed E-state index contributed by atoms with van der Waals surface area (Å²) >= 11 is 0. The van der Waals surface area contributed by atoms with E-state index in [4.69, 9.17) is 14.9 Å². The molecule has 0 saturated heterocycles. The SMILES string of the molecule is CCC(N)C(c1ccco1)N1CCCOc2ccccc21. The van der Waals surface area contributed by atoms with Gasteiger partial charge in [-0.05, 0) is 37.1 Å². The molecule has 1 aromatic heterocycles. The molecule has 2 N–H and O–H groups in total. The van der Waals surface area contributed by atoms with Gasteiger partial charge in [0.1, 0.15) is 17.6 Å². The standard InChI is InChI=1S/C17H22N2O2/c1-2-13(18)17(16-9-5-11-21-16)19-10-6-12-20-15-8-4-3-7-14(15)19/h3-5,7-9,11,13,17H,2,6,10,12,18H2,1H3. The van der Waals surface area contributed by atoms with Crippen LogP contribution in [0.15, 0.2) is 47.1 Å². The van der Waals surface area contributed by atoms with Crippen molar-refractivity contribution in [1.29, 1.82) is 0 Å². The lowest BCUT2D eigenvalue weighted by Gasteiger charge is -2.35. The maximum absolute atomic E-state index is 6.40. The lowest BCUT2D eigenvalue weighted by atomic mass is 10.0. The molecule has 1 aliphatic rings. The highest BCUT2D eigenvalue weighted by atomic mass is 16.5. The maximum atomic E-state index is 6.40. The summed E-state index contributed by atoms with van der Waals surface area (Å²) in [4.78, 5) is 2.33. The molecule has 2 aromatic rings. The third kappa shape index (κ3) is 2.76. The highest BCUT2D eigenvalue weighted by Gasteiger charge is 2.30. The summed E-state index contributed by atoms with van der Waals surface area (Å²) < 4.78 is 11.5. The van der Waals surface area contributed by atoms with Crippen LogP contribution in [-0.2, 0) is 0 Å². The monoisotopic (exact) mass is 286 g/mol. The first-order valence-corrected chi connectivity index (χ1v) is 7.58. The number of fused-ring (bicyclic) bond motifs is 1. The smallest absolute Gasteiger partial charge is 0.142 e. The fourth-order valence-electron chi connectivity index (χ4n) is 2.92. The lowest BCUT2D eigenvalue weighted by molar-refractivity contribution is 0.321. The molecule has 0 spiro atoms. The molecule has 2 atom stereocenters. The van der Waals surface area contributed by atoms with Gasteiger partial charge in [-0.15, -0.1) is 0 Å². The van der Waals surface area contributed by atoms with E-state index in [2.05, 4.69) is 17.9 Å². The number of hydrogen-bond donors (Lipinski definition) is 1. The highest BCUT2D eigenvalue weighted by molar-refractivity contribution is 5.60. The number of para-hydroxylation sites is 2. The molecule has 1 aliphatic heterocycles. The van der Waals surface area contributed by atoms with Crippen molar-refractivity contribution in [3.63, 3.8) is 0 Å². The van der Waals surface area contributed by atoms with Crippen molar-refractivity contribution >= 4 is 5.69 Å². The van der Waals surface area contributed by atoms with Crippen molar-refractivity contribution in [2.45, 2.75) is 31.8 Å². The van der Waals surface area contributed by atoms with Crippen LogP contribution in [-0.4, -0.2) is 19.2 Å². The van der Waals surface area contributed by atoms with E-state index in [0.717, 1.165) is 43.2 Å². The average Bonchev–Trinajstić information content (AvgIpc) is 2.96. The second-order valence-corrected chi connectivity index (χ2v) is 5.40. The van der Waals surface area contributed by atoms with Crippen molar-refractivity contribution in [3.05, 3.63) is 48.4 Å². The molecule has 2 unspecified atom stereocenters. The number of rotatable bonds is 4. The first-order chi connectivity index (χ1) is 10.3. The zero-order chi connectivity index (χ0) is 14.7. The molecule has 0 aliphatic carbocycles. The van der Waals surface area contributed by atoms with Crippen LogP contribution in [0.4, 0.5) is 5.69 Å². The third-order valence-corrected chi connectivity index (χ3v) is 4.02. The number of hydrogen-bond acceptors (Lipinski definition) is 4. The number of nitrogens with two attached hydrogens (primary N) is 1. The maximum Gasteiger partial charge on any atom is 0.142 e. The summed E-state index contributed by atoms with van der Waals surface area (Å²) in [6.45, 7) is 3.76. The fourth-order valence-corrected chi connectivity index (χ4v) is 2.92. The Morgan fingerprint density at radius 2 is 2.10 bits per heavy atom. The van der Waals surface area contributed by atoms with Crippen LogP contribution in [0, 0.1) is 0 Å². The van der Waals surface area contributed by atoms with Crippen molar-refractivity contribution in [2.75, 3.05) is 18.1 Å². The first kappa shape index (κ1) is 14.0. The first-order valence-electron chi connectivity index (χ1n) is 7.58. The van der Waals surface area contributed by atoms with E-state index in [1.165, 1.54) is 0 Å². The molecule has 0 radical (unpaired) electrons. The Hall–Kier alpha value is -1.94. The summed E-state index contributed by atoms with van der Waals surface area (Å²) in [5.41, 5.74) is 7.50. The van der Waals surface area contributed by atoms with E-state index in [1.807, 2.05) is 30.3 Å². The van der Waals surface area contributed by atoms with Gasteiger partial charge in [-0.1, -0.05) is 19.1 Å². The number of furan rings is 1. The summed E-state index contributed by atoms with van der Waals surface area (Å²) in [7, 11) is 0. The van der Waals surface area contributed by atoms with E-state index in [1.54, 1.807) is 6.26 Å². The third-order valence-electron chi connectivity index (χ3n) is 4.02. The Morgan fingerprint density at radius 1 is 1.24 bits per heavy atom. The zero-order valence-electron chi connectivity index (χ0n) is 12.4. The number of benzene rings is 1. The largest absolute Gasteiger partial charge is 0.491 e. The van der Waals surface area contributed by atoms with Gasteiger partial charge < -0.3 is 19.8 Å². The van der Waals surface area contributed by atoms with Gasteiger partial charge in [-0.2, -0.15) is 0 Å². The van der Waals surface area contributed by atoms with Gasteiger partial charge in [0, 0.05) is 12.6 Å². The Labute approximate surface area is 125 Å². The van der Waals surface area contributed by atoms with E-state index in [9.17, 15) is 0 Å². The second kappa shape index (κ2) is 6.22. The minimum absolute atomic E-state index is 0.0160. The van der Waals surface area contributed by atoms with E-state index < -0.39 is 0 Å². The lowest BCUT2D eigenvalue weighted by Crippen LogP contribution is -2.41. The molecule has 4 nitrogen and oxygen atoms in total. The van der Waals surface area contributed by atoms with Crippen LogP contribution in [0.3, 0.4) is 0 Å². The molecule has 0 fully saturated rings. The topological polar surface area (TPSA) is 51.6 Å². The predicted octanol–water partition coefficient (Wildman–Crippen LogP) is 3.35. The van der Waals surface area contributed by atoms with Gasteiger partial charge in [0.05, 0.1) is 18.6 Å². The van der Waals surface area contributed by atoms with Gasteiger partial charge in [0.25, 0.3) is 0 Å². The minimum Gasteiger partial charge on any atom is -0.491 e. The van der Waals surface area contributed by atoms with Crippen molar-refractivity contribution in [1.82, 2.24) is 0 Å². The van der Waals surface area contributed by atoms with Gasteiger partial charge in [0.2, 0.25) is 0 Å². The molecule has 3 rings (SSSR count). The Balaban J connectivity index is 2.02. The minimum atomic E-state index is 0.0160. The molecule has 21 heavy (non-hydrogen) atoms. The van der Waals surface area contributed by atoms with E-state index >= 15 is 0 Å². The van der Waals surface area contributed by atoms with E-state index in [0.29, 0.717) is 0 Å². The molecule has 0 saturated carbocycles. The number of ether oxygens (including phenoxy) is 1. The molecule has 0 bridgehead atoms. The molecular formula is C17H22N2O2.